The number of nitrogens with one attached hydrogen (secondary N) is 1. The molecule has 28 heavy (non-hydrogen) atoms. The molecule has 0 radical (unpaired) electrons. The Bertz CT molecular complexity index is 826. The first-order valence-electron chi connectivity index (χ1n) is 9.45. The molecule has 1 atom stereocenters. The fourth-order valence-corrected chi connectivity index (χ4v) is 4.44. The lowest BCUT2D eigenvalue weighted by atomic mass is 9.85. The molecule has 1 heterocycles. The monoisotopic (exact) mass is 497 g/mol. The van der Waals surface area contributed by atoms with Crippen LogP contribution in [0.1, 0.15) is 50.3 Å². The number of halogens is 1. The highest BCUT2D eigenvalue weighted by Gasteiger charge is 2.27. The number of benzene rings is 1. The van der Waals surface area contributed by atoms with E-state index in [1.807, 2.05) is 23.0 Å². The van der Waals surface area contributed by atoms with Gasteiger partial charge in [0.1, 0.15) is 12.6 Å². The van der Waals surface area contributed by atoms with Crippen molar-refractivity contribution in [3.8, 4) is 0 Å². The molecular formula is C22H28INO4. The lowest BCUT2D eigenvalue weighted by molar-refractivity contribution is -0.0689. The van der Waals surface area contributed by atoms with E-state index in [4.69, 9.17) is 12.5 Å². The second-order valence-corrected chi connectivity index (χ2v) is 8.22. The van der Waals surface area contributed by atoms with Gasteiger partial charge in [-0.1, -0.05) is 18.2 Å². The Morgan fingerprint density at radius 2 is 2.00 bits per heavy atom. The number of aliphatic hydroxyl groups excluding tert-OH is 1. The Hall–Kier alpha value is -1.35. The van der Waals surface area contributed by atoms with Crippen LogP contribution in [0.5, 0.6) is 0 Å². The SMILES string of the molecule is COCO[C@H]1CC=C(OI)C(c2ccc3c(c2CO)C(C)=CC(C)(C)N3)=CC1. The van der Waals surface area contributed by atoms with Crippen molar-refractivity contribution < 1.29 is 17.6 Å². The molecule has 0 saturated carbocycles. The van der Waals surface area contributed by atoms with Gasteiger partial charge in [0.15, 0.2) is 23.0 Å². The number of hydrogen-bond acceptors (Lipinski definition) is 5. The van der Waals surface area contributed by atoms with Gasteiger partial charge in [0, 0.05) is 23.9 Å². The summed E-state index contributed by atoms with van der Waals surface area (Å²) in [6.07, 6.45) is 7.93. The van der Waals surface area contributed by atoms with Crippen LogP contribution in [-0.4, -0.2) is 30.7 Å². The third-order valence-electron chi connectivity index (χ3n) is 5.11. The highest BCUT2D eigenvalue weighted by Crippen LogP contribution is 2.41. The third-order valence-corrected chi connectivity index (χ3v) is 5.59. The van der Waals surface area contributed by atoms with Gasteiger partial charge in [-0.15, -0.1) is 0 Å². The standard InChI is InChI=1S/C22H28INO4/c1-14-11-22(2,3)24-19-9-8-16(18(12-25)21(14)19)17-7-5-15(27-13-26-4)6-10-20(17)28-23/h7-11,15,24-25H,5-6,12-13H2,1-4H3/t15-/m1/s1. The minimum Gasteiger partial charge on any atom is -0.427 e. The molecule has 152 valence electrons. The summed E-state index contributed by atoms with van der Waals surface area (Å²) in [6, 6.07) is 4.16. The summed E-state index contributed by atoms with van der Waals surface area (Å²) < 4.78 is 16.4. The molecule has 1 aliphatic heterocycles. The predicted molar refractivity (Wildman–Crippen MR) is 121 cm³/mol. The van der Waals surface area contributed by atoms with Gasteiger partial charge < -0.3 is 23.0 Å². The number of ether oxygens (including phenoxy) is 2. The maximum Gasteiger partial charge on any atom is 0.192 e. The molecule has 6 heteroatoms. The van der Waals surface area contributed by atoms with Crippen molar-refractivity contribution in [2.45, 2.75) is 51.9 Å². The largest absolute Gasteiger partial charge is 0.427 e. The van der Waals surface area contributed by atoms with Gasteiger partial charge in [0.25, 0.3) is 0 Å². The van der Waals surface area contributed by atoms with Crippen molar-refractivity contribution in [1.82, 2.24) is 0 Å². The summed E-state index contributed by atoms with van der Waals surface area (Å²) in [5.74, 6) is 0.796. The highest BCUT2D eigenvalue weighted by atomic mass is 127. The summed E-state index contributed by atoms with van der Waals surface area (Å²) in [5.41, 5.74) is 6.07. The van der Waals surface area contributed by atoms with Crippen LogP contribution < -0.4 is 5.32 Å². The minimum absolute atomic E-state index is 0.0401. The molecule has 1 aromatic carbocycles. The van der Waals surface area contributed by atoms with Crippen molar-refractivity contribution in [3.63, 3.8) is 0 Å². The van der Waals surface area contributed by atoms with Crippen molar-refractivity contribution >= 4 is 39.8 Å². The summed E-state index contributed by atoms with van der Waals surface area (Å²) in [7, 11) is 1.62. The molecule has 1 aromatic rings. The molecule has 1 aliphatic carbocycles. The molecule has 0 aromatic heterocycles. The first-order valence-corrected chi connectivity index (χ1v) is 10.3. The molecule has 2 N–H and O–H groups in total. The normalized spacial score (nSPS) is 20.9. The van der Waals surface area contributed by atoms with E-state index in [1.54, 1.807) is 7.11 Å². The lowest BCUT2D eigenvalue weighted by Crippen LogP contribution is -2.32. The Morgan fingerprint density at radius 3 is 2.68 bits per heavy atom. The van der Waals surface area contributed by atoms with Crippen molar-refractivity contribution in [1.29, 1.82) is 0 Å². The average Bonchev–Trinajstić information content (AvgIpc) is 2.86. The molecular weight excluding hydrogens is 469 g/mol. The van der Waals surface area contributed by atoms with Crippen molar-refractivity contribution in [2.75, 3.05) is 19.2 Å². The number of aliphatic hydroxyl groups is 1. The van der Waals surface area contributed by atoms with E-state index in [1.165, 1.54) is 5.57 Å². The number of fused-ring (bicyclic) bond motifs is 1. The molecule has 5 nitrogen and oxygen atoms in total. The number of anilines is 1. The molecule has 0 bridgehead atoms. The third kappa shape index (κ3) is 4.45. The number of methoxy groups -OCH3 is 1. The number of rotatable bonds is 6. The number of hydrogen-bond donors (Lipinski definition) is 2. The maximum absolute atomic E-state index is 10.3. The van der Waals surface area contributed by atoms with Crippen molar-refractivity contribution in [2.24, 2.45) is 0 Å². The molecule has 0 unspecified atom stereocenters. The van der Waals surface area contributed by atoms with E-state index in [0.29, 0.717) is 0 Å². The Kier molecular flexibility index (Phi) is 6.85. The Labute approximate surface area is 181 Å². The van der Waals surface area contributed by atoms with Gasteiger partial charge >= 0.3 is 0 Å². The fraction of sp³-hybridized carbons (Fsp3) is 0.455. The van der Waals surface area contributed by atoms with Gasteiger partial charge in [-0.3, -0.25) is 0 Å². The van der Waals surface area contributed by atoms with E-state index < -0.39 is 0 Å². The smallest absolute Gasteiger partial charge is 0.192 e. The molecule has 0 fully saturated rings. The van der Waals surface area contributed by atoms with Crippen LogP contribution in [0, 0.1) is 0 Å². The van der Waals surface area contributed by atoms with Crippen LogP contribution in [0.25, 0.3) is 11.1 Å². The molecule has 2 aliphatic rings. The molecule has 0 spiro atoms. The number of allylic oxidation sites excluding steroid dienone is 2. The van der Waals surface area contributed by atoms with E-state index in [0.717, 1.165) is 46.6 Å². The van der Waals surface area contributed by atoms with E-state index in [-0.39, 0.29) is 25.0 Å². The van der Waals surface area contributed by atoms with Crippen molar-refractivity contribution in [3.05, 3.63) is 52.8 Å². The van der Waals surface area contributed by atoms with Gasteiger partial charge in [-0.25, -0.2) is 0 Å². The quantitative estimate of drug-likeness (QED) is 0.418. The fourth-order valence-electron chi connectivity index (χ4n) is 4.03. The van der Waals surface area contributed by atoms with Crippen LogP contribution in [0.2, 0.25) is 0 Å². The first kappa shape index (κ1) is 21.4. The summed E-state index contributed by atoms with van der Waals surface area (Å²) >= 11 is 1.92. The Morgan fingerprint density at radius 1 is 1.25 bits per heavy atom. The van der Waals surface area contributed by atoms with E-state index >= 15 is 0 Å². The zero-order valence-corrected chi connectivity index (χ0v) is 19.0. The van der Waals surface area contributed by atoms with Crippen LogP contribution in [0.4, 0.5) is 5.69 Å². The van der Waals surface area contributed by atoms with Crippen LogP contribution in [0.15, 0.2) is 36.1 Å². The lowest BCUT2D eigenvalue weighted by Gasteiger charge is -2.33. The minimum atomic E-state index is -0.116. The highest BCUT2D eigenvalue weighted by molar-refractivity contribution is 14.1. The summed E-state index contributed by atoms with van der Waals surface area (Å²) in [6.45, 7) is 6.62. The summed E-state index contributed by atoms with van der Waals surface area (Å²) in [5, 5.41) is 13.8. The molecule has 0 saturated heterocycles. The van der Waals surface area contributed by atoms with Crippen LogP contribution in [-0.2, 0) is 19.1 Å². The van der Waals surface area contributed by atoms with E-state index in [2.05, 4.69) is 56.4 Å². The molecule has 3 rings (SSSR count). The van der Waals surface area contributed by atoms with Gasteiger partial charge in [0.05, 0.1) is 18.2 Å². The average molecular weight is 497 g/mol. The maximum atomic E-state index is 10.3. The summed E-state index contributed by atoms with van der Waals surface area (Å²) in [4.78, 5) is 0. The molecule has 0 amide bonds. The zero-order chi connectivity index (χ0) is 20.3. The second kappa shape index (κ2) is 8.98. The van der Waals surface area contributed by atoms with Gasteiger partial charge in [-0.2, -0.15) is 0 Å². The predicted octanol–water partition coefficient (Wildman–Crippen LogP) is 5.20. The van der Waals surface area contributed by atoms with Crippen LogP contribution in [0.3, 0.4) is 0 Å². The topological polar surface area (TPSA) is 60.0 Å². The second-order valence-electron chi connectivity index (χ2n) is 7.78. The van der Waals surface area contributed by atoms with E-state index in [9.17, 15) is 5.11 Å². The van der Waals surface area contributed by atoms with Gasteiger partial charge in [-0.05, 0) is 62.5 Å². The van der Waals surface area contributed by atoms with Gasteiger partial charge in [0.2, 0.25) is 0 Å². The van der Waals surface area contributed by atoms with Crippen LogP contribution >= 0.6 is 23.0 Å². The Balaban J connectivity index is 2.05. The first-order chi connectivity index (χ1) is 13.4. The zero-order valence-electron chi connectivity index (χ0n) is 16.8.